The molecule has 0 bridgehead atoms. The predicted molar refractivity (Wildman–Crippen MR) is 96.8 cm³/mol. The fourth-order valence-corrected chi connectivity index (χ4v) is 2.24. The minimum absolute atomic E-state index is 0.242. The third-order valence-corrected chi connectivity index (χ3v) is 3.36. The van der Waals surface area contributed by atoms with Crippen molar-refractivity contribution in [3.63, 3.8) is 0 Å². The fraction of sp³-hybridized carbons (Fsp3) is 0.444. The van der Waals surface area contributed by atoms with E-state index in [1.54, 1.807) is 33.0 Å². The minimum atomic E-state index is -0.549. The van der Waals surface area contributed by atoms with E-state index in [9.17, 15) is 9.18 Å². The van der Waals surface area contributed by atoms with Crippen LogP contribution in [-0.2, 0) is 11.3 Å². The first-order valence-electron chi connectivity index (χ1n) is 8.33. The summed E-state index contributed by atoms with van der Waals surface area (Å²) in [6.07, 6.45) is 1.15. The first kappa shape index (κ1) is 19.6. The molecule has 2 N–H and O–H groups in total. The molecule has 0 fully saturated rings. The van der Waals surface area contributed by atoms with Gasteiger partial charge in [-0.05, 0) is 39.0 Å². The molecule has 0 atom stereocenters. The van der Waals surface area contributed by atoms with E-state index < -0.39 is 11.7 Å². The molecule has 1 aromatic heterocycles. The van der Waals surface area contributed by atoms with Crippen LogP contribution >= 0.6 is 0 Å². The molecule has 0 aliphatic rings. The Morgan fingerprint density at radius 1 is 1.35 bits per heavy atom. The number of nitrogens with zero attached hydrogens (tertiary/aromatic N) is 2. The number of carbonyl (C=O) groups excluding carboxylic acids is 1. The monoisotopic (exact) mass is 364 g/mol. The van der Waals surface area contributed by atoms with Crippen LogP contribution in [0.2, 0.25) is 0 Å². The minimum Gasteiger partial charge on any atom is -0.491 e. The maximum Gasteiger partial charge on any atom is 0.407 e. The van der Waals surface area contributed by atoms with Crippen LogP contribution < -0.4 is 15.0 Å². The van der Waals surface area contributed by atoms with Crippen molar-refractivity contribution in [3.05, 3.63) is 41.8 Å². The summed E-state index contributed by atoms with van der Waals surface area (Å²) in [5.74, 6) is 1.03. The van der Waals surface area contributed by atoms with E-state index in [-0.39, 0.29) is 19.0 Å². The van der Waals surface area contributed by atoms with E-state index in [1.165, 1.54) is 12.1 Å². The van der Waals surface area contributed by atoms with Gasteiger partial charge in [-0.2, -0.15) is 5.10 Å². The molecule has 2 rings (SSSR count). The van der Waals surface area contributed by atoms with Crippen LogP contribution in [0.15, 0.2) is 30.5 Å². The Kier molecular flexibility index (Phi) is 6.43. The Bertz CT molecular complexity index is 714. The van der Waals surface area contributed by atoms with Crippen molar-refractivity contribution >= 4 is 11.9 Å². The maximum atomic E-state index is 13.6. The molecule has 0 unspecified atom stereocenters. The number of amides is 1. The van der Waals surface area contributed by atoms with Crippen LogP contribution in [0.1, 0.15) is 26.3 Å². The first-order valence-corrected chi connectivity index (χ1v) is 8.33. The quantitative estimate of drug-likeness (QED) is 0.738. The topological polar surface area (TPSA) is 79.5 Å². The van der Waals surface area contributed by atoms with E-state index in [0.717, 1.165) is 5.82 Å². The van der Waals surface area contributed by atoms with Gasteiger partial charge in [0.25, 0.3) is 0 Å². The molecule has 0 saturated heterocycles. The molecule has 0 saturated carbocycles. The number of hydrogen-bond donors (Lipinski definition) is 2. The highest BCUT2D eigenvalue weighted by atomic mass is 19.1. The number of carbonyl (C=O) groups is 1. The van der Waals surface area contributed by atoms with Gasteiger partial charge in [-0.15, -0.1) is 0 Å². The Labute approximate surface area is 152 Å². The molecule has 0 radical (unpaired) electrons. The van der Waals surface area contributed by atoms with Gasteiger partial charge in [-0.3, -0.25) is 5.10 Å². The second kappa shape index (κ2) is 8.55. The van der Waals surface area contributed by atoms with Crippen molar-refractivity contribution in [1.82, 2.24) is 15.5 Å². The van der Waals surface area contributed by atoms with Gasteiger partial charge >= 0.3 is 6.09 Å². The van der Waals surface area contributed by atoms with Gasteiger partial charge < -0.3 is 19.7 Å². The molecule has 8 heteroatoms. The van der Waals surface area contributed by atoms with Crippen LogP contribution in [-0.4, -0.2) is 42.1 Å². The third kappa shape index (κ3) is 6.27. The van der Waals surface area contributed by atoms with Gasteiger partial charge in [0.2, 0.25) is 0 Å². The largest absolute Gasteiger partial charge is 0.491 e. The summed E-state index contributed by atoms with van der Waals surface area (Å²) in [5, 5.41) is 9.38. The molecule has 0 aliphatic carbocycles. The molecule has 0 aliphatic heterocycles. The molecule has 1 heterocycles. The average Bonchev–Trinajstić information content (AvgIpc) is 3.06. The highest BCUT2D eigenvalue weighted by Gasteiger charge is 2.15. The zero-order valence-corrected chi connectivity index (χ0v) is 15.5. The Morgan fingerprint density at radius 2 is 2.12 bits per heavy atom. The van der Waals surface area contributed by atoms with Crippen LogP contribution in [0.5, 0.6) is 5.75 Å². The fourth-order valence-electron chi connectivity index (χ4n) is 2.24. The third-order valence-electron chi connectivity index (χ3n) is 3.36. The van der Waals surface area contributed by atoms with Crippen molar-refractivity contribution in [2.45, 2.75) is 32.9 Å². The number of aromatic nitrogens is 2. The number of H-pyrrole nitrogens is 1. The Morgan fingerprint density at radius 3 is 2.77 bits per heavy atom. The SMILES string of the molecule is CN(Cc1cc(F)ccc1OCCNC(=O)OC(C)(C)C)c1ccn[nH]1. The van der Waals surface area contributed by atoms with Crippen LogP contribution in [0.3, 0.4) is 0 Å². The second-order valence-electron chi connectivity index (χ2n) is 6.83. The molecule has 7 nitrogen and oxygen atoms in total. The highest BCUT2D eigenvalue weighted by Crippen LogP contribution is 2.22. The lowest BCUT2D eigenvalue weighted by atomic mass is 10.2. The van der Waals surface area contributed by atoms with Crippen molar-refractivity contribution in [1.29, 1.82) is 0 Å². The zero-order valence-electron chi connectivity index (χ0n) is 15.5. The molecule has 1 amide bonds. The summed E-state index contributed by atoms with van der Waals surface area (Å²) in [7, 11) is 1.87. The van der Waals surface area contributed by atoms with Gasteiger partial charge in [0.05, 0.1) is 12.7 Å². The number of ether oxygens (including phenoxy) is 2. The number of alkyl carbamates (subject to hydrolysis) is 1. The molecule has 142 valence electrons. The zero-order chi connectivity index (χ0) is 19.2. The smallest absolute Gasteiger partial charge is 0.407 e. The lowest BCUT2D eigenvalue weighted by Gasteiger charge is -2.20. The second-order valence-corrected chi connectivity index (χ2v) is 6.83. The molecule has 2 aromatic rings. The average molecular weight is 364 g/mol. The number of halogens is 1. The summed E-state index contributed by atoms with van der Waals surface area (Å²) in [6, 6.07) is 6.18. The van der Waals surface area contributed by atoms with Gasteiger partial charge in [-0.1, -0.05) is 0 Å². The summed E-state index contributed by atoms with van der Waals surface area (Å²) in [4.78, 5) is 13.5. The summed E-state index contributed by atoms with van der Waals surface area (Å²) < 4.78 is 24.5. The van der Waals surface area contributed by atoms with Crippen LogP contribution in [0, 0.1) is 5.82 Å². The Hall–Kier alpha value is -2.77. The number of anilines is 1. The van der Waals surface area contributed by atoms with Crippen LogP contribution in [0.25, 0.3) is 0 Å². The van der Waals surface area contributed by atoms with Crippen LogP contribution in [0.4, 0.5) is 15.0 Å². The van der Waals surface area contributed by atoms with Gasteiger partial charge in [0.15, 0.2) is 0 Å². The standard InChI is InChI=1S/C18H25FN4O3/c1-18(2,3)26-17(24)20-9-10-25-15-6-5-14(19)11-13(15)12-23(4)16-7-8-21-22-16/h5-8,11H,9-10,12H2,1-4H3,(H,20,24)(H,21,22). The van der Waals surface area contributed by atoms with Crippen molar-refractivity contribution in [2.75, 3.05) is 25.1 Å². The number of nitrogens with one attached hydrogen (secondary N) is 2. The van der Waals surface area contributed by atoms with E-state index in [4.69, 9.17) is 9.47 Å². The lowest BCUT2D eigenvalue weighted by Crippen LogP contribution is -2.34. The van der Waals surface area contributed by atoms with Crippen molar-refractivity contribution < 1.29 is 18.7 Å². The lowest BCUT2D eigenvalue weighted by molar-refractivity contribution is 0.0520. The number of hydrogen-bond acceptors (Lipinski definition) is 5. The highest BCUT2D eigenvalue weighted by molar-refractivity contribution is 5.67. The predicted octanol–water partition coefficient (Wildman–Crippen LogP) is 3.09. The molecule has 26 heavy (non-hydrogen) atoms. The number of aromatic amines is 1. The van der Waals surface area contributed by atoms with Gasteiger partial charge in [-0.25, -0.2) is 9.18 Å². The summed E-state index contributed by atoms with van der Waals surface area (Å²) in [5.41, 5.74) is 0.145. The van der Waals surface area contributed by atoms with E-state index in [2.05, 4.69) is 15.5 Å². The number of rotatable bonds is 7. The molecular weight excluding hydrogens is 339 g/mol. The molecular formula is C18H25FN4O3. The van der Waals surface area contributed by atoms with Gasteiger partial charge in [0.1, 0.15) is 29.6 Å². The van der Waals surface area contributed by atoms with Gasteiger partial charge in [0, 0.05) is 25.2 Å². The molecule has 0 spiro atoms. The normalized spacial score (nSPS) is 11.1. The van der Waals surface area contributed by atoms with Crippen molar-refractivity contribution in [2.24, 2.45) is 0 Å². The van der Waals surface area contributed by atoms with E-state index in [1.807, 2.05) is 18.0 Å². The van der Waals surface area contributed by atoms with E-state index >= 15 is 0 Å². The Balaban J connectivity index is 1.90. The first-order chi connectivity index (χ1) is 12.2. The summed E-state index contributed by atoms with van der Waals surface area (Å²) >= 11 is 0. The maximum absolute atomic E-state index is 13.6. The number of benzene rings is 1. The molecule has 1 aromatic carbocycles. The van der Waals surface area contributed by atoms with Crippen molar-refractivity contribution in [3.8, 4) is 5.75 Å². The summed E-state index contributed by atoms with van der Waals surface area (Å²) in [6.45, 7) is 6.35. The van der Waals surface area contributed by atoms with E-state index in [0.29, 0.717) is 17.9 Å².